The predicted molar refractivity (Wildman–Crippen MR) is 52.2 cm³/mol. The van der Waals surface area contributed by atoms with Crippen molar-refractivity contribution in [1.29, 1.82) is 0 Å². The zero-order valence-corrected chi connectivity index (χ0v) is 8.93. The van der Waals surface area contributed by atoms with Gasteiger partial charge in [0.25, 0.3) is 0 Å². The molecule has 0 spiro atoms. The molecule has 0 saturated carbocycles. The Balaban J connectivity index is 2.45. The number of hydrogen-bond acceptors (Lipinski definition) is 4. The molecule has 1 aromatic heterocycles. The molecule has 0 radical (unpaired) electrons. The van der Waals surface area contributed by atoms with Gasteiger partial charge in [0.2, 0.25) is 0 Å². The van der Waals surface area contributed by atoms with Gasteiger partial charge in [-0.05, 0) is 20.8 Å². The minimum Gasteiger partial charge on any atom is -0.377 e. The fourth-order valence-electron chi connectivity index (χ4n) is 0.926. The summed E-state index contributed by atoms with van der Waals surface area (Å²) >= 11 is 1.17. The van der Waals surface area contributed by atoms with E-state index in [-0.39, 0.29) is 11.0 Å². The molecule has 1 heterocycles. The summed E-state index contributed by atoms with van der Waals surface area (Å²) in [6, 6.07) is 0. The molecule has 0 aromatic carbocycles. The van der Waals surface area contributed by atoms with Crippen molar-refractivity contribution in [3.63, 3.8) is 0 Å². The zero-order valence-electron chi connectivity index (χ0n) is 8.11. The summed E-state index contributed by atoms with van der Waals surface area (Å²) in [5.41, 5.74) is 0. The maximum absolute atomic E-state index is 11.2. The van der Waals surface area contributed by atoms with Crippen molar-refractivity contribution in [3.8, 4) is 0 Å². The first kappa shape index (κ1) is 10.4. The quantitative estimate of drug-likeness (QED) is 0.732. The lowest BCUT2D eigenvalue weighted by Gasteiger charge is -2.05. The third-order valence-corrected chi connectivity index (χ3v) is 2.22. The average molecular weight is 202 g/mol. The summed E-state index contributed by atoms with van der Waals surface area (Å²) in [4.78, 5) is 11.2. The second kappa shape index (κ2) is 4.53. The number of nitrogens with zero attached hydrogens (tertiary/aromatic N) is 2. The maximum Gasteiger partial charge on any atom is 0.325 e. The highest BCUT2D eigenvalue weighted by atomic mass is 32.1. The van der Waals surface area contributed by atoms with Crippen molar-refractivity contribution in [2.45, 2.75) is 33.4 Å². The highest BCUT2D eigenvalue weighted by molar-refractivity contribution is 7.08. The molecule has 0 saturated heterocycles. The SMILES string of the molecule is Cc1nn(CCOC(C)C)c(=O)s1. The Bertz CT molecular complexity index is 316. The van der Waals surface area contributed by atoms with Gasteiger partial charge >= 0.3 is 4.87 Å². The van der Waals surface area contributed by atoms with Gasteiger partial charge in [0.1, 0.15) is 5.01 Å². The average Bonchev–Trinajstić information content (AvgIpc) is 2.29. The van der Waals surface area contributed by atoms with Crippen LogP contribution in [0.25, 0.3) is 0 Å². The van der Waals surface area contributed by atoms with Crippen molar-refractivity contribution < 1.29 is 4.74 Å². The molecular weight excluding hydrogens is 188 g/mol. The molecule has 74 valence electrons. The van der Waals surface area contributed by atoms with Crippen molar-refractivity contribution in [3.05, 3.63) is 14.7 Å². The van der Waals surface area contributed by atoms with Crippen LogP contribution in [-0.4, -0.2) is 22.5 Å². The minimum absolute atomic E-state index is 0.00939. The molecule has 0 N–H and O–H groups in total. The van der Waals surface area contributed by atoms with Gasteiger partial charge in [-0.2, -0.15) is 5.10 Å². The van der Waals surface area contributed by atoms with Crippen molar-refractivity contribution in [2.75, 3.05) is 6.61 Å². The molecular formula is C8H14N2O2S. The Labute approximate surface area is 81.2 Å². The highest BCUT2D eigenvalue weighted by Crippen LogP contribution is 1.95. The summed E-state index contributed by atoms with van der Waals surface area (Å²) in [5, 5.41) is 4.85. The molecule has 0 aliphatic rings. The molecule has 0 aliphatic carbocycles. The Morgan fingerprint density at radius 1 is 1.62 bits per heavy atom. The standard InChI is InChI=1S/C8H14N2O2S/c1-6(2)12-5-4-10-8(11)13-7(3)9-10/h6H,4-5H2,1-3H3. The number of hydrogen-bond donors (Lipinski definition) is 0. The van der Waals surface area contributed by atoms with Gasteiger partial charge in [0, 0.05) is 0 Å². The minimum atomic E-state index is -0.00939. The molecule has 0 bridgehead atoms. The third kappa shape index (κ3) is 3.28. The fourth-order valence-corrected chi connectivity index (χ4v) is 1.56. The van der Waals surface area contributed by atoms with Gasteiger partial charge < -0.3 is 4.74 Å². The van der Waals surface area contributed by atoms with Gasteiger partial charge in [0.05, 0.1) is 19.3 Å². The van der Waals surface area contributed by atoms with Crippen LogP contribution in [0, 0.1) is 6.92 Å². The molecule has 1 rings (SSSR count). The van der Waals surface area contributed by atoms with Gasteiger partial charge in [-0.3, -0.25) is 4.79 Å². The van der Waals surface area contributed by atoms with Crippen LogP contribution in [0.15, 0.2) is 4.79 Å². The van der Waals surface area contributed by atoms with Crippen LogP contribution in [-0.2, 0) is 11.3 Å². The number of aryl methyl sites for hydroxylation is 1. The van der Waals surface area contributed by atoms with E-state index in [9.17, 15) is 4.79 Å². The van der Waals surface area contributed by atoms with Crippen LogP contribution < -0.4 is 4.87 Å². The lowest BCUT2D eigenvalue weighted by molar-refractivity contribution is 0.0705. The summed E-state index contributed by atoms with van der Waals surface area (Å²) in [7, 11) is 0. The molecule has 0 amide bonds. The molecule has 5 heteroatoms. The van der Waals surface area contributed by atoms with Crippen LogP contribution in [0.1, 0.15) is 18.9 Å². The van der Waals surface area contributed by atoms with E-state index >= 15 is 0 Å². The fraction of sp³-hybridized carbons (Fsp3) is 0.750. The van der Waals surface area contributed by atoms with E-state index in [4.69, 9.17) is 4.74 Å². The van der Waals surface area contributed by atoms with E-state index in [2.05, 4.69) is 5.10 Å². The Hall–Kier alpha value is -0.680. The van der Waals surface area contributed by atoms with Crippen molar-refractivity contribution in [2.24, 2.45) is 0 Å². The first-order valence-corrected chi connectivity index (χ1v) is 5.07. The lowest BCUT2D eigenvalue weighted by atomic mass is 10.5. The number of rotatable bonds is 4. The molecule has 0 atom stereocenters. The highest BCUT2D eigenvalue weighted by Gasteiger charge is 2.02. The van der Waals surface area contributed by atoms with Crippen LogP contribution in [0.4, 0.5) is 0 Å². The third-order valence-electron chi connectivity index (χ3n) is 1.46. The van der Waals surface area contributed by atoms with Crippen LogP contribution >= 0.6 is 11.3 Å². The Morgan fingerprint density at radius 2 is 2.31 bits per heavy atom. The van der Waals surface area contributed by atoms with E-state index in [1.807, 2.05) is 20.8 Å². The number of ether oxygens (including phenoxy) is 1. The summed E-state index contributed by atoms with van der Waals surface area (Å²) in [6.07, 6.45) is 0.204. The summed E-state index contributed by atoms with van der Waals surface area (Å²) in [5.74, 6) is 0. The Kier molecular flexibility index (Phi) is 3.62. The second-order valence-electron chi connectivity index (χ2n) is 3.03. The van der Waals surface area contributed by atoms with Gasteiger partial charge in [0.15, 0.2) is 0 Å². The molecule has 0 fully saturated rings. The predicted octanol–water partition coefficient (Wildman–Crippen LogP) is 1.04. The summed E-state index contributed by atoms with van der Waals surface area (Å²) < 4.78 is 6.76. The topological polar surface area (TPSA) is 44.1 Å². The number of aromatic nitrogens is 2. The summed E-state index contributed by atoms with van der Waals surface area (Å²) in [6.45, 7) is 6.85. The van der Waals surface area contributed by atoms with Crippen molar-refractivity contribution >= 4 is 11.3 Å². The smallest absolute Gasteiger partial charge is 0.325 e. The van der Waals surface area contributed by atoms with E-state index in [0.717, 1.165) is 5.01 Å². The van der Waals surface area contributed by atoms with Crippen molar-refractivity contribution in [1.82, 2.24) is 9.78 Å². The first-order chi connectivity index (χ1) is 6.09. The normalized spacial score (nSPS) is 11.1. The molecule has 0 aliphatic heterocycles. The van der Waals surface area contributed by atoms with Crippen LogP contribution in [0.5, 0.6) is 0 Å². The van der Waals surface area contributed by atoms with E-state index < -0.39 is 0 Å². The van der Waals surface area contributed by atoms with E-state index in [0.29, 0.717) is 13.2 Å². The van der Waals surface area contributed by atoms with Gasteiger partial charge in [-0.15, -0.1) is 0 Å². The molecule has 13 heavy (non-hydrogen) atoms. The van der Waals surface area contributed by atoms with Gasteiger partial charge in [-0.1, -0.05) is 11.3 Å². The zero-order chi connectivity index (χ0) is 9.84. The van der Waals surface area contributed by atoms with Gasteiger partial charge in [-0.25, -0.2) is 4.68 Å². The largest absolute Gasteiger partial charge is 0.377 e. The molecule has 1 aromatic rings. The molecule has 0 unspecified atom stereocenters. The van der Waals surface area contributed by atoms with Crippen LogP contribution in [0.3, 0.4) is 0 Å². The van der Waals surface area contributed by atoms with Crippen LogP contribution in [0.2, 0.25) is 0 Å². The monoisotopic (exact) mass is 202 g/mol. The Morgan fingerprint density at radius 3 is 2.77 bits per heavy atom. The lowest BCUT2D eigenvalue weighted by Crippen LogP contribution is -2.19. The van der Waals surface area contributed by atoms with E-state index in [1.54, 1.807) is 0 Å². The first-order valence-electron chi connectivity index (χ1n) is 4.25. The maximum atomic E-state index is 11.2. The second-order valence-corrected chi connectivity index (χ2v) is 4.17. The van der Waals surface area contributed by atoms with E-state index in [1.165, 1.54) is 16.0 Å². The molecule has 4 nitrogen and oxygen atoms in total.